The first-order valence-electron chi connectivity index (χ1n) is 9.90. The van der Waals surface area contributed by atoms with E-state index < -0.39 is 0 Å². The standard InChI is InChI=1S/C23H29N3O3S/c1-16-11-17(2)13-18(12-16)15-30-23-25-24-22(26(23)9-6-10-27-3)19-7-8-20(28-4)21(14-19)29-5/h7-8,11-14H,6,9-10,15H2,1-5H3. The van der Waals surface area contributed by atoms with E-state index in [0.717, 1.165) is 35.3 Å². The van der Waals surface area contributed by atoms with Gasteiger partial charge in [0.2, 0.25) is 0 Å². The third-order valence-electron chi connectivity index (χ3n) is 4.74. The average Bonchev–Trinajstić information content (AvgIpc) is 3.14. The van der Waals surface area contributed by atoms with Crippen LogP contribution in [0.15, 0.2) is 41.6 Å². The number of thioether (sulfide) groups is 1. The Labute approximate surface area is 182 Å². The lowest BCUT2D eigenvalue weighted by atomic mass is 10.1. The highest BCUT2D eigenvalue weighted by atomic mass is 32.2. The van der Waals surface area contributed by atoms with Crippen LogP contribution in [0.25, 0.3) is 11.4 Å². The Morgan fingerprint density at radius 3 is 2.30 bits per heavy atom. The smallest absolute Gasteiger partial charge is 0.191 e. The predicted molar refractivity (Wildman–Crippen MR) is 121 cm³/mol. The molecule has 0 radical (unpaired) electrons. The Morgan fingerprint density at radius 1 is 0.900 bits per heavy atom. The van der Waals surface area contributed by atoms with Crippen LogP contribution >= 0.6 is 11.8 Å². The second-order valence-corrected chi connectivity index (χ2v) is 8.10. The van der Waals surface area contributed by atoms with Crippen molar-refractivity contribution in [3.8, 4) is 22.9 Å². The van der Waals surface area contributed by atoms with E-state index in [0.29, 0.717) is 18.1 Å². The maximum atomic E-state index is 5.46. The van der Waals surface area contributed by atoms with Crippen LogP contribution in [0.1, 0.15) is 23.1 Å². The molecule has 0 amide bonds. The monoisotopic (exact) mass is 427 g/mol. The zero-order valence-corrected chi connectivity index (χ0v) is 19.1. The van der Waals surface area contributed by atoms with Gasteiger partial charge in [0.05, 0.1) is 14.2 Å². The molecule has 0 atom stereocenters. The molecule has 0 saturated carbocycles. The Balaban J connectivity index is 1.89. The zero-order valence-electron chi connectivity index (χ0n) is 18.3. The average molecular weight is 428 g/mol. The molecule has 0 saturated heterocycles. The lowest BCUT2D eigenvalue weighted by molar-refractivity contribution is 0.189. The van der Waals surface area contributed by atoms with Gasteiger partial charge in [-0.05, 0) is 44.0 Å². The molecular formula is C23H29N3O3S. The van der Waals surface area contributed by atoms with E-state index in [9.17, 15) is 0 Å². The Bertz CT molecular complexity index is 968. The van der Waals surface area contributed by atoms with Gasteiger partial charge in [0.25, 0.3) is 0 Å². The molecule has 0 aliphatic rings. The summed E-state index contributed by atoms with van der Waals surface area (Å²) in [5, 5.41) is 9.89. The number of methoxy groups -OCH3 is 3. The molecule has 0 fully saturated rings. The predicted octanol–water partition coefficient (Wildman–Crippen LogP) is 4.91. The molecule has 0 bridgehead atoms. The van der Waals surface area contributed by atoms with E-state index in [1.54, 1.807) is 33.1 Å². The molecule has 160 valence electrons. The molecule has 0 aliphatic carbocycles. The number of aromatic nitrogens is 3. The summed E-state index contributed by atoms with van der Waals surface area (Å²) < 4.78 is 18.2. The summed E-state index contributed by atoms with van der Waals surface area (Å²) >= 11 is 1.70. The van der Waals surface area contributed by atoms with E-state index in [1.165, 1.54) is 16.7 Å². The van der Waals surface area contributed by atoms with Gasteiger partial charge in [0.15, 0.2) is 22.5 Å². The minimum absolute atomic E-state index is 0.672. The zero-order chi connectivity index (χ0) is 21.5. The first-order valence-corrected chi connectivity index (χ1v) is 10.9. The lowest BCUT2D eigenvalue weighted by Crippen LogP contribution is -2.05. The SMILES string of the molecule is COCCCn1c(SCc2cc(C)cc(C)c2)nnc1-c1ccc(OC)c(OC)c1. The van der Waals surface area contributed by atoms with Crippen LogP contribution in [0.4, 0.5) is 0 Å². The van der Waals surface area contributed by atoms with Gasteiger partial charge in [-0.2, -0.15) is 0 Å². The number of rotatable bonds is 10. The molecule has 0 spiro atoms. The number of benzene rings is 2. The molecule has 0 aliphatic heterocycles. The molecule has 0 N–H and O–H groups in total. The molecule has 30 heavy (non-hydrogen) atoms. The fourth-order valence-corrected chi connectivity index (χ4v) is 4.35. The van der Waals surface area contributed by atoms with Gasteiger partial charge < -0.3 is 18.8 Å². The van der Waals surface area contributed by atoms with Crippen LogP contribution in [-0.4, -0.2) is 42.7 Å². The summed E-state index contributed by atoms with van der Waals surface area (Å²) in [5.74, 6) is 3.02. The van der Waals surface area contributed by atoms with E-state index in [1.807, 2.05) is 18.2 Å². The van der Waals surface area contributed by atoms with Crippen molar-refractivity contribution in [2.24, 2.45) is 0 Å². The topological polar surface area (TPSA) is 58.4 Å². The summed E-state index contributed by atoms with van der Waals surface area (Å²) in [6.07, 6.45) is 0.881. The number of hydrogen-bond donors (Lipinski definition) is 0. The van der Waals surface area contributed by atoms with Crippen molar-refractivity contribution in [3.05, 3.63) is 53.1 Å². The van der Waals surface area contributed by atoms with Gasteiger partial charge in [0, 0.05) is 31.6 Å². The fourth-order valence-electron chi connectivity index (χ4n) is 3.45. The summed E-state index contributed by atoms with van der Waals surface area (Å²) in [6, 6.07) is 12.5. The number of ether oxygens (including phenoxy) is 3. The molecular weight excluding hydrogens is 398 g/mol. The molecule has 0 unspecified atom stereocenters. The molecule has 3 rings (SSSR count). The first-order chi connectivity index (χ1) is 14.5. The molecule has 1 heterocycles. The second kappa shape index (κ2) is 10.5. The van der Waals surface area contributed by atoms with Gasteiger partial charge in [-0.25, -0.2) is 0 Å². The minimum Gasteiger partial charge on any atom is -0.493 e. The largest absolute Gasteiger partial charge is 0.493 e. The highest BCUT2D eigenvalue weighted by molar-refractivity contribution is 7.98. The van der Waals surface area contributed by atoms with E-state index in [2.05, 4.69) is 46.8 Å². The second-order valence-electron chi connectivity index (χ2n) is 7.16. The van der Waals surface area contributed by atoms with Crippen molar-refractivity contribution in [2.75, 3.05) is 27.9 Å². The van der Waals surface area contributed by atoms with E-state index >= 15 is 0 Å². The summed E-state index contributed by atoms with van der Waals surface area (Å²) in [5.41, 5.74) is 4.78. The highest BCUT2D eigenvalue weighted by Crippen LogP contribution is 2.33. The van der Waals surface area contributed by atoms with Crippen molar-refractivity contribution in [1.82, 2.24) is 14.8 Å². The number of nitrogens with zero attached hydrogens (tertiary/aromatic N) is 3. The van der Waals surface area contributed by atoms with Crippen molar-refractivity contribution >= 4 is 11.8 Å². The van der Waals surface area contributed by atoms with Crippen molar-refractivity contribution in [2.45, 2.75) is 37.7 Å². The van der Waals surface area contributed by atoms with Gasteiger partial charge in [-0.1, -0.05) is 41.1 Å². The first kappa shape index (κ1) is 22.2. The van der Waals surface area contributed by atoms with Gasteiger partial charge in [0.1, 0.15) is 0 Å². The molecule has 6 nitrogen and oxygen atoms in total. The van der Waals surface area contributed by atoms with Gasteiger partial charge >= 0.3 is 0 Å². The summed E-state index contributed by atoms with van der Waals surface area (Å²) in [6.45, 7) is 5.72. The van der Waals surface area contributed by atoms with Crippen LogP contribution in [0.3, 0.4) is 0 Å². The van der Waals surface area contributed by atoms with Crippen LogP contribution < -0.4 is 9.47 Å². The normalized spacial score (nSPS) is 11.0. The van der Waals surface area contributed by atoms with Gasteiger partial charge in [-0.15, -0.1) is 10.2 Å². The van der Waals surface area contributed by atoms with Crippen LogP contribution in [0.5, 0.6) is 11.5 Å². The third-order valence-corrected chi connectivity index (χ3v) is 5.78. The number of hydrogen-bond acceptors (Lipinski definition) is 6. The maximum absolute atomic E-state index is 5.46. The Hall–Kier alpha value is -2.51. The lowest BCUT2D eigenvalue weighted by Gasteiger charge is -2.12. The Morgan fingerprint density at radius 2 is 1.63 bits per heavy atom. The molecule has 3 aromatic rings. The van der Waals surface area contributed by atoms with Crippen LogP contribution in [0.2, 0.25) is 0 Å². The van der Waals surface area contributed by atoms with E-state index in [4.69, 9.17) is 14.2 Å². The van der Waals surface area contributed by atoms with Crippen LogP contribution in [-0.2, 0) is 17.0 Å². The third kappa shape index (κ3) is 5.34. The Kier molecular flexibility index (Phi) is 7.76. The summed E-state index contributed by atoms with van der Waals surface area (Å²) in [7, 11) is 4.99. The molecule has 7 heteroatoms. The minimum atomic E-state index is 0.672. The number of aryl methyl sites for hydroxylation is 2. The van der Waals surface area contributed by atoms with Crippen LogP contribution in [0, 0.1) is 13.8 Å². The maximum Gasteiger partial charge on any atom is 0.191 e. The van der Waals surface area contributed by atoms with Crippen molar-refractivity contribution in [1.29, 1.82) is 0 Å². The quantitative estimate of drug-likeness (QED) is 0.339. The fraction of sp³-hybridized carbons (Fsp3) is 0.391. The molecule has 1 aromatic heterocycles. The van der Waals surface area contributed by atoms with Crippen molar-refractivity contribution < 1.29 is 14.2 Å². The molecule has 2 aromatic carbocycles. The van der Waals surface area contributed by atoms with Crippen molar-refractivity contribution in [3.63, 3.8) is 0 Å². The summed E-state index contributed by atoms with van der Waals surface area (Å²) in [4.78, 5) is 0. The highest BCUT2D eigenvalue weighted by Gasteiger charge is 2.16. The van der Waals surface area contributed by atoms with Gasteiger partial charge in [-0.3, -0.25) is 0 Å². The van der Waals surface area contributed by atoms with E-state index in [-0.39, 0.29) is 0 Å².